The maximum Gasteiger partial charge on any atom is 0.159 e. The van der Waals surface area contributed by atoms with Gasteiger partial charge in [-0.25, -0.2) is 4.39 Å². The van der Waals surface area contributed by atoms with Gasteiger partial charge in [0.25, 0.3) is 0 Å². The molecule has 0 aliphatic rings. The first-order chi connectivity index (χ1) is 42.6. The Morgan fingerprint density at radius 1 is 0.267 bits per heavy atom. The van der Waals surface area contributed by atoms with Crippen molar-refractivity contribution in [2.24, 2.45) is 0 Å². The van der Waals surface area contributed by atoms with Crippen LogP contribution in [0, 0.1) is 5.82 Å². The van der Waals surface area contributed by atoms with Gasteiger partial charge in [-0.3, -0.25) is 0 Å². The van der Waals surface area contributed by atoms with Crippen LogP contribution >= 0.6 is 11.3 Å². The van der Waals surface area contributed by atoms with Gasteiger partial charge in [0.1, 0.15) is 17.0 Å². The van der Waals surface area contributed by atoms with Crippen molar-refractivity contribution in [1.29, 1.82) is 0 Å². The van der Waals surface area contributed by atoms with E-state index in [-0.39, 0.29) is 5.82 Å². The molecule has 0 saturated heterocycles. The molecule has 0 atom stereocenters. The highest BCUT2D eigenvalue weighted by Crippen LogP contribution is 2.55. The van der Waals surface area contributed by atoms with E-state index in [1.165, 1.54) is 0 Å². The molecule has 14 aromatic carbocycles. The second kappa shape index (κ2) is 20.1. The lowest BCUT2D eigenvalue weighted by molar-refractivity contribution is 0.629. The maximum atomic E-state index is 18.5. The third kappa shape index (κ3) is 7.95. The molecule has 3 heterocycles. The van der Waals surface area contributed by atoms with Crippen LogP contribution < -0.4 is 9.80 Å². The maximum absolute atomic E-state index is 18.5. The molecule has 4 nitrogen and oxygen atoms in total. The number of fused-ring (bicyclic) bond motifs is 13. The van der Waals surface area contributed by atoms with Crippen LogP contribution in [0.2, 0.25) is 0 Å². The highest BCUT2D eigenvalue weighted by Gasteiger charge is 2.31. The minimum absolute atomic E-state index is 0.360. The molecule has 0 bridgehead atoms. The third-order valence-corrected chi connectivity index (χ3v) is 18.2. The molecule has 17 aromatic rings. The summed E-state index contributed by atoms with van der Waals surface area (Å²) in [6.45, 7) is 0. The van der Waals surface area contributed by atoms with Crippen molar-refractivity contribution < 1.29 is 13.2 Å². The highest BCUT2D eigenvalue weighted by molar-refractivity contribution is 7.26. The minimum Gasteiger partial charge on any atom is -0.454 e. The summed E-state index contributed by atoms with van der Waals surface area (Å²) in [5, 5.41) is 10.6. The lowest BCUT2D eigenvalue weighted by Gasteiger charge is -2.30. The Morgan fingerprint density at radius 3 is 1.21 bits per heavy atom. The molecule has 0 aliphatic heterocycles. The summed E-state index contributed by atoms with van der Waals surface area (Å²) in [7, 11) is 0. The second-order valence-electron chi connectivity index (χ2n) is 22.0. The van der Waals surface area contributed by atoms with Gasteiger partial charge in [-0.15, -0.1) is 11.3 Å². The van der Waals surface area contributed by atoms with Crippen LogP contribution in [0.3, 0.4) is 0 Å². The summed E-state index contributed by atoms with van der Waals surface area (Å²) in [5.41, 5.74) is 15.8. The van der Waals surface area contributed by atoms with Crippen molar-refractivity contribution in [3.63, 3.8) is 0 Å². The standard InChI is InChI=1S/C80H49FN2O2S/c81-66-47-55(51-25-7-2-8-26-51)46-65(53-29-11-4-12-30-53)78(66)83(69-40-22-38-63-59-34-18-20-42-73(59)85-80(63)69)71-49-75-77(61-36-16-14-32-57(61)71)76-60-35-15-13-31-56(60)70(48-74(76)86-75)82(68-39-21-37-62-58-33-17-19-41-72(58)84-79(62)68)67-44-43-54(50-23-5-1-6-24-50)45-64(67)52-27-9-3-10-28-52/h1-49H. The number of rotatable bonds is 10. The minimum atomic E-state index is -0.360. The molecule has 0 radical (unpaired) electrons. The number of halogens is 1. The Kier molecular flexibility index (Phi) is 11.6. The van der Waals surface area contributed by atoms with Gasteiger partial charge in [-0.2, -0.15) is 0 Å². The highest BCUT2D eigenvalue weighted by atomic mass is 32.1. The smallest absolute Gasteiger partial charge is 0.159 e. The lowest BCUT2D eigenvalue weighted by Crippen LogP contribution is -2.14. The number of hydrogen-bond acceptors (Lipinski definition) is 5. The van der Waals surface area contributed by atoms with Crippen LogP contribution in [0.5, 0.6) is 0 Å². The van der Waals surface area contributed by atoms with E-state index in [1.54, 1.807) is 17.4 Å². The fourth-order valence-corrected chi connectivity index (χ4v) is 14.5. The summed E-state index contributed by atoms with van der Waals surface area (Å²) in [6.07, 6.45) is 0. The molecule has 6 heteroatoms. The first kappa shape index (κ1) is 49.5. The number of benzene rings is 14. The van der Waals surface area contributed by atoms with E-state index in [9.17, 15) is 0 Å². The largest absolute Gasteiger partial charge is 0.454 e. The zero-order valence-corrected chi connectivity index (χ0v) is 47.1. The molecule has 0 amide bonds. The van der Waals surface area contributed by atoms with Gasteiger partial charge in [0.05, 0.1) is 34.1 Å². The lowest BCUT2D eigenvalue weighted by atomic mass is 9.94. The van der Waals surface area contributed by atoms with Crippen molar-refractivity contribution in [2.75, 3.05) is 9.80 Å². The first-order valence-corrected chi connectivity index (χ1v) is 29.8. The molecule has 17 rings (SSSR count). The van der Waals surface area contributed by atoms with E-state index in [2.05, 4.69) is 228 Å². The van der Waals surface area contributed by atoms with Gasteiger partial charge in [0.15, 0.2) is 11.2 Å². The van der Waals surface area contributed by atoms with Crippen molar-refractivity contribution in [3.8, 4) is 44.5 Å². The van der Waals surface area contributed by atoms with Crippen molar-refractivity contribution in [3.05, 3.63) is 303 Å². The summed E-state index contributed by atoms with van der Waals surface area (Å²) in [5.74, 6) is -0.360. The topological polar surface area (TPSA) is 32.8 Å². The van der Waals surface area contributed by atoms with Crippen molar-refractivity contribution in [2.45, 2.75) is 0 Å². The van der Waals surface area contributed by atoms with Crippen molar-refractivity contribution in [1.82, 2.24) is 0 Å². The van der Waals surface area contributed by atoms with E-state index in [0.717, 1.165) is 153 Å². The van der Waals surface area contributed by atoms with E-state index in [4.69, 9.17) is 8.83 Å². The van der Waals surface area contributed by atoms with Crippen LogP contribution in [0.1, 0.15) is 0 Å². The van der Waals surface area contributed by atoms with Crippen LogP contribution in [0.15, 0.2) is 306 Å². The Balaban J connectivity index is 0.967. The zero-order valence-electron chi connectivity index (χ0n) is 46.3. The van der Waals surface area contributed by atoms with Crippen LogP contribution in [-0.2, 0) is 0 Å². The Labute approximate surface area is 498 Å². The molecule has 86 heavy (non-hydrogen) atoms. The Morgan fingerprint density at radius 2 is 0.674 bits per heavy atom. The van der Waals surface area contributed by atoms with Gasteiger partial charge >= 0.3 is 0 Å². The van der Waals surface area contributed by atoms with Gasteiger partial charge in [-0.05, 0) is 105 Å². The summed E-state index contributed by atoms with van der Waals surface area (Å²) in [4.78, 5) is 4.56. The number of thiophene rings is 1. The van der Waals surface area contributed by atoms with Crippen molar-refractivity contribution >= 4 is 131 Å². The average Bonchev–Trinajstić information content (AvgIpc) is 1.56. The molecular formula is C80H49FN2O2S. The Bertz CT molecular complexity index is 5500. The predicted octanol–water partition coefficient (Wildman–Crippen LogP) is 23.9. The quantitative estimate of drug-likeness (QED) is 0.137. The normalized spacial score (nSPS) is 11.8. The SMILES string of the molecule is Fc1cc(-c2ccccc2)cc(-c2ccccc2)c1N(c1cc2sc3cc(N(c4ccc(-c5ccccc5)cc4-c4ccccc4)c4cccc5c4oc4ccccc45)c4ccccc4c3c2c2ccccc12)c1cccc2c1oc1ccccc12. The van der Waals surface area contributed by atoms with Crippen LogP contribution in [0.25, 0.3) is 130 Å². The fraction of sp³-hybridized carbons (Fsp3) is 0. The monoisotopic (exact) mass is 1120 g/mol. The second-order valence-corrected chi connectivity index (χ2v) is 23.0. The number of nitrogens with zero attached hydrogens (tertiary/aromatic N) is 2. The number of furan rings is 2. The molecule has 0 unspecified atom stereocenters. The summed E-state index contributed by atoms with van der Waals surface area (Å²) < 4.78 is 34.6. The molecule has 0 aliphatic carbocycles. The van der Waals surface area contributed by atoms with E-state index in [0.29, 0.717) is 11.3 Å². The number of para-hydroxylation sites is 4. The molecule has 0 spiro atoms. The first-order valence-electron chi connectivity index (χ1n) is 29.0. The molecule has 404 valence electrons. The van der Waals surface area contributed by atoms with E-state index in [1.807, 2.05) is 72.8 Å². The van der Waals surface area contributed by atoms with Crippen LogP contribution in [0.4, 0.5) is 38.5 Å². The van der Waals surface area contributed by atoms with Gasteiger partial charge < -0.3 is 18.6 Å². The molecule has 0 saturated carbocycles. The molecule has 3 aromatic heterocycles. The molecule has 0 N–H and O–H groups in total. The molecular weight excluding hydrogens is 1070 g/mol. The van der Waals surface area contributed by atoms with Crippen LogP contribution in [-0.4, -0.2) is 0 Å². The predicted molar refractivity (Wildman–Crippen MR) is 360 cm³/mol. The summed E-state index contributed by atoms with van der Waals surface area (Å²) in [6, 6.07) is 104. The Hall–Kier alpha value is -11.1. The zero-order chi connectivity index (χ0) is 56.8. The van der Waals surface area contributed by atoms with E-state index >= 15 is 4.39 Å². The number of hydrogen-bond donors (Lipinski definition) is 0. The third-order valence-electron chi connectivity index (χ3n) is 17.1. The summed E-state index contributed by atoms with van der Waals surface area (Å²) >= 11 is 1.76. The molecule has 0 fully saturated rings. The number of anilines is 6. The van der Waals surface area contributed by atoms with Gasteiger partial charge in [0, 0.05) is 63.6 Å². The van der Waals surface area contributed by atoms with E-state index < -0.39 is 0 Å². The average molecular weight is 1120 g/mol. The van der Waals surface area contributed by atoms with Gasteiger partial charge in [-0.1, -0.05) is 237 Å². The van der Waals surface area contributed by atoms with Gasteiger partial charge in [0.2, 0.25) is 0 Å². The fourth-order valence-electron chi connectivity index (χ4n) is 13.3.